The molecule has 0 aromatic heterocycles. The number of carbonyl (C=O) groups excluding carboxylic acids is 1. The van der Waals surface area contributed by atoms with E-state index in [-0.39, 0.29) is 24.2 Å². The lowest BCUT2D eigenvalue weighted by Gasteiger charge is -2.21. The van der Waals surface area contributed by atoms with Gasteiger partial charge in [0, 0.05) is 13.0 Å². The van der Waals surface area contributed by atoms with Crippen LogP contribution in [0.25, 0.3) is 0 Å². The van der Waals surface area contributed by atoms with Gasteiger partial charge < -0.3 is 11.1 Å². The fraction of sp³-hybridized carbons (Fsp3) is 0.562. The van der Waals surface area contributed by atoms with E-state index in [1.54, 1.807) is 0 Å². The van der Waals surface area contributed by atoms with Crippen molar-refractivity contribution in [3.8, 4) is 0 Å². The molecule has 3 N–H and O–H groups in total. The summed E-state index contributed by atoms with van der Waals surface area (Å²) in [6.07, 6.45) is 2.48. The molecule has 0 radical (unpaired) electrons. The average molecular weight is 299 g/mol. The zero-order valence-electron chi connectivity index (χ0n) is 12.5. The van der Waals surface area contributed by atoms with Crippen molar-refractivity contribution in [1.29, 1.82) is 0 Å². The Kier molecular flexibility index (Phi) is 10.1. The number of hydrogen-bond acceptors (Lipinski definition) is 2. The largest absolute Gasteiger partial charge is 0.356 e. The van der Waals surface area contributed by atoms with E-state index in [9.17, 15) is 4.79 Å². The lowest BCUT2D eigenvalue weighted by atomic mass is 9.85. The van der Waals surface area contributed by atoms with Gasteiger partial charge >= 0.3 is 0 Å². The van der Waals surface area contributed by atoms with Gasteiger partial charge in [0.1, 0.15) is 0 Å². The maximum Gasteiger partial charge on any atom is 0.220 e. The Morgan fingerprint density at radius 1 is 1.20 bits per heavy atom. The third kappa shape index (κ3) is 6.92. The topological polar surface area (TPSA) is 55.1 Å². The van der Waals surface area contributed by atoms with Crippen molar-refractivity contribution < 1.29 is 4.79 Å². The highest BCUT2D eigenvalue weighted by Crippen LogP contribution is 2.27. The van der Waals surface area contributed by atoms with Crippen molar-refractivity contribution in [2.45, 2.75) is 39.0 Å². The summed E-state index contributed by atoms with van der Waals surface area (Å²) in [4.78, 5) is 12.0. The highest BCUT2D eigenvalue weighted by molar-refractivity contribution is 5.85. The fourth-order valence-electron chi connectivity index (χ4n) is 2.21. The van der Waals surface area contributed by atoms with Crippen molar-refractivity contribution >= 4 is 18.3 Å². The summed E-state index contributed by atoms with van der Waals surface area (Å²) in [6, 6.07) is 10.3. The molecule has 0 fully saturated rings. The zero-order chi connectivity index (χ0) is 14.1. The summed E-state index contributed by atoms with van der Waals surface area (Å²) in [5.74, 6) is 0.882. The third-order valence-electron chi connectivity index (χ3n) is 3.39. The normalized spacial score (nSPS) is 11.8. The molecule has 114 valence electrons. The number of hydrogen-bond donors (Lipinski definition) is 2. The Labute approximate surface area is 128 Å². The van der Waals surface area contributed by atoms with E-state index in [1.807, 2.05) is 18.2 Å². The predicted octanol–water partition coefficient (Wildman–Crippen LogP) is 3.09. The standard InChI is InChI=1S/C16H26N2O.ClH/c1-13(2)15(14-8-4-3-5-9-14)12-16(19)18-11-7-6-10-17;/h3-5,8-9,13,15H,6-7,10-12,17H2,1-2H3,(H,18,19);1H. The highest BCUT2D eigenvalue weighted by Gasteiger charge is 2.18. The lowest BCUT2D eigenvalue weighted by molar-refractivity contribution is -0.121. The van der Waals surface area contributed by atoms with Crippen LogP contribution in [0, 0.1) is 5.92 Å². The van der Waals surface area contributed by atoms with Crippen molar-refractivity contribution in [2.24, 2.45) is 11.7 Å². The minimum atomic E-state index is 0. The highest BCUT2D eigenvalue weighted by atomic mass is 35.5. The first-order valence-corrected chi connectivity index (χ1v) is 7.17. The number of nitrogens with two attached hydrogens (primary N) is 1. The van der Waals surface area contributed by atoms with Crippen LogP contribution in [-0.2, 0) is 4.79 Å². The molecule has 0 bridgehead atoms. The van der Waals surface area contributed by atoms with Crippen LogP contribution in [0.3, 0.4) is 0 Å². The smallest absolute Gasteiger partial charge is 0.220 e. The molecule has 1 unspecified atom stereocenters. The molecule has 1 aromatic rings. The van der Waals surface area contributed by atoms with Gasteiger partial charge in [-0.1, -0.05) is 44.2 Å². The Balaban J connectivity index is 0.00000361. The van der Waals surface area contributed by atoms with Crippen molar-refractivity contribution in [1.82, 2.24) is 5.32 Å². The van der Waals surface area contributed by atoms with Gasteiger partial charge in [-0.3, -0.25) is 4.79 Å². The Morgan fingerprint density at radius 2 is 1.85 bits per heavy atom. The molecule has 4 heteroatoms. The van der Waals surface area contributed by atoms with E-state index >= 15 is 0 Å². The molecule has 3 nitrogen and oxygen atoms in total. The van der Waals surface area contributed by atoms with Gasteiger partial charge in [0.15, 0.2) is 0 Å². The quantitative estimate of drug-likeness (QED) is 0.725. The second kappa shape index (κ2) is 10.7. The molecule has 0 spiro atoms. The molecule has 1 atom stereocenters. The SMILES string of the molecule is CC(C)C(CC(=O)NCCCCN)c1ccccc1.Cl. The minimum absolute atomic E-state index is 0. The summed E-state index contributed by atoms with van der Waals surface area (Å²) in [7, 11) is 0. The molecule has 0 saturated heterocycles. The van der Waals surface area contributed by atoms with Gasteiger partial charge in [0.05, 0.1) is 0 Å². The van der Waals surface area contributed by atoms with Crippen LogP contribution in [-0.4, -0.2) is 19.0 Å². The molecule has 0 saturated carbocycles. The third-order valence-corrected chi connectivity index (χ3v) is 3.39. The lowest BCUT2D eigenvalue weighted by Crippen LogP contribution is -2.27. The number of carbonyl (C=O) groups is 1. The van der Waals surface area contributed by atoms with Crippen LogP contribution >= 0.6 is 12.4 Å². The number of unbranched alkanes of at least 4 members (excludes halogenated alkanes) is 1. The number of rotatable bonds is 8. The summed E-state index contributed by atoms with van der Waals surface area (Å²) in [5, 5.41) is 2.98. The fourth-order valence-corrected chi connectivity index (χ4v) is 2.21. The van der Waals surface area contributed by atoms with Gasteiger partial charge in [-0.2, -0.15) is 0 Å². The molecule has 1 aromatic carbocycles. The number of amides is 1. The van der Waals surface area contributed by atoms with E-state index in [2.05, 4.69) is 31.3 Å². The zero-order valence-corrected chi connectivity index (χ0v) is 13.3. The predicted molar refractivity (Wildman–Crippen MR) is 87.2 cm³/mol. The summed E-state index contributed by atoms with van der Waals surface area (Å²) >= 11 is 0. The average Bonchev–Trinajstić information content (AvgIpc) is 2.41. The molecule has 1 rings (SSSR count). The molecular formula is C16H27ClN2O. The van der Waals surface area contributed by atoms with Crippen LogP contribution in [0.2, 0.25) is 0 Å². The van der Waals surface area contributed by atoms with Crippen LogP contribution in [0.5, 0.6) is 0 Å². The number of nitrogens with one attached hydrogen (secondary N) is 1. The van der Waals surface area contributed by atoms with Gasteiger partial charge in [0.2, 0.25) is 5.91 Å². The number of halogens is 1. The molecular weight excluding hydrogens is 272 g/mol. The Bertz CT molecular complexity index is 368. The molecule has 0 heterocycles. The van der Waals surface area contributed by atoms with Crippen LogP contribution in [0.1, 0.15) is 44.6 Å². The van der Waals surface area contributed by atoms with E-state index in [0.29, 0.717) is 18.9 Å². The van der Waals surface area contributed by atoms with E-state index in [1.165, 1.54) is 5.56 Å². The van der Waals surface area contributed by atoms with Gasteiger partial charge in [-0.15, -0.1) is 12.4 Å². The van der Waals surface area contributed by atoms with E-state index in [0.717, 1.165) is 19.4 Å². The first kappa shape index (κ1) is 18.9. The van der Waals surface area contributed by atoms with E-state index < -0.39 is 0 Å². The second-order valence-electron chi connectivity index (χ2n) is 5.31. The van der Waals surface area contributed by atoms with Crippen molar-refractivity contribution in [2.75, 3.05) is 13.1 Å². The van der Waals surface area contributed by atoms with Gasteiger partial charge in [-0.05, 0) is 36.8 Å². The van der Waals surface area contributed by atoms with Crippen molar-refractivity contribution in [3.63, 3.8) is 0 Å². The maximum atomic E-state index is 12.0. The summed E-state index contributed by atoms with van der Waals surface area (Å²) in [6.45, 7) is 5.75. The van der Waals surface area contributed by atoms with Gasteiger partial charge in [0.25, 0.3) is 0 Å². The Hall–Kier alpha value is -1.06. The van der Waals surface area contributed by atoms with Crippen LogP contribution in [0.15, 0.2) is 30.3 Å². The first-order chi connectivity index (χ1) is 9.15. The van der Waals surface area contributed by atoms with Crippen molar-refractivity contribution in [3.05, 3.63) is 35.9 Å². The molecule has 0 aliphatic heterocycles. The second-order valence-corrected chi connectivity index (χ2v) is 5.31. The maximum absolute atomic E-state index is 12.0. The summed E-state index contributed by atoms with van der Waals surface area (Å²) < 4.78 is 0. The van der Waals surface area contributed by atoms with Crippen LogP contribution < -0.4 is 11.1 Å². The van der Waals surface area contributed by atoms with Crippen LogP contribution in [0.4, 0.5) is 0 Å². The monoisotopic (exact) mass is 298 g/mol. The molecule has 0 aliphatic rings. The Morgan fingerprint density at radius 3 is 2.40 bits per heavy atom. The minimum Gasteiger partial charge on any atom is -0.356 e. The molecule has 0 aliphatic carbocycles. The van der Waals surface area contributed by atoms with E-state index in [4.69, 9.17) is 5.73 Å². The van der Waals surface area contributed by atoms with Gasteiger partial charge in [-0.25, -0.2) is 0 Å². The molecule has 1 amide bonds. The summed E-state index contributed by atoms with van der Waals surface area (Å²) in [5.41, 5.74) is 6.67. The number of benzene rings is 1. The molecule has 20 heavy (non-hydrogen) atoms. The first-order valence-electron chi connectivity index (χ1n) is 7.17.